The van der Waals surface area contributed by atoms with Crippen LogP contribution in [0.15, 0.2) is 419 Å². The van der Waals surface area contributed by atoms with Crippen molar-refractivity contribution < 1.29 is 40.2 Å². The van der Waals surface area contributed by atoms with Crippen LogP contribution in [0.5, 0.6) is 0 Å². The molecule has 0 aliphatic rings. The molecule has 0 N–H and O–H groups in total. The Bertz CT molecular complexity index is 6250. The van der Waals surface area contributed by atoms with Crippen molar-refractivity contribution in [2.75, 3.05) is 9.80 Å². The van der Waals surface area contributed by atoms with E-state index in [4.69, 9.17) is 0 Å². The molecular formula is C103H72Ir2N4S-2. The first-order valence-electron chi connectivity index (χ1n) is 36.5. The number of fused-ring (bicyclic) bond motifs is 11. The van der Waals surface area contributed by atoms with E-state index < -0.39 is 0 Å². The van der Waals surface area contributed by atoms with Crippen molar-refractivity contribution in [2.45, 2.75) is 6.92 Å². The van der Waals surface area contributed by atoms with E-state index in [9.17, 15) is 0 Å². The summed E-state index contributed by atoms with van der Waals surface area (Å²) in [7, 11) is 0. The van der Waals surface area contributed by atoms with E-state index in [1.807, 2.05) is 90.3 Å². The van der Waals surface area contributed by atoms with Crippen LogP contribution < -0.4 is 9.80 Å². The Morgan fingerprint density at radius 3 is 1.25 bits per heavy atom. The second kappa shape index (κ2) is 34.1. The molecule has 0 aliphatic carbocycles. The molecule has 0 spiro atoms. The summed E-state index contributed by atoms with van der Waals surface area (Å²) < 4.78 is 2.70. The zero-order chi connectivity index (χ0) is 72.4. The van der Waals surface area contributed by atoms with Crippen LogP contribution in [-0.4, -0.2) is 9.97 Å². The van der Waals surface area contributed by atoms with Crippen molar-refractivity contribution in [1.82, 2.24) is 9.97 Å². The monoisotopic (exact) mass is 1780 g/mol. The van der Waals surface area contributed by atoms with Crippen molar-refractivity contribution in [3.8, 4) is 55.9 Å². The minimum Gasteiger partial charge on any atom is -0.310 e. The van der Waals surface area contributed by atoms with Crippen LogP contribution in [0.25, 0.3) is 130 Å². The smallest absolute Gasteiger partial charge is 0.0540 e. The van der Waals surface area contributed by atoms with Gasteiger partial charge in [0, 0.05) is 106 Å². The van der Waals surface area contributed by atoms with Gasteiger partial charge in [-0.15, -0.1) is 83.1 Å². The summed E-state index contributed by atoms with van der Waals surface area (Å²) in [5, 5.41) is 15.5. The van der Waals surface area contributed by atoms with Gasteiger partial charge in [-0.1, -0.05) is 272 Å². The third-order valence-corrected chi connectivity index (χ3v) is 21.1. The number of pyridine rings is 2. The Kier molecular flexibility index (Phi) is 22.7. The molecule has 4 nitrogen and oxygen atoms in total. The first-order valence-corrected chi connectivity index (χ1v) is 37.3. The topological polar surface area (TPSA) is 32.3 Å². The molecule has 17 aromatic carbocycles. The molecule has 0 saturated heterocycles. The van der Waals surface area contributed by atoms with Crippen LogP contribution in [0, 0.1) is 19.1 Å². The number of aryl methyl sites for hydroxylation is 1. The van der Waals surface area contributed by atoms with Crippen LogP contribution in [-0.2, 0) is 40.2 Å². The fourth-order valence-electron chi connectivity index (χ4n) is 14.7. The molecule has 0 amide bonds. The number of hydrogen-bond donors (Lipinski definition) is 0. The van der Waals surface area contributed by atoms with E-state index in [0.717, 1.165) is 56.6 Å². The average Bonchev–Trinajstić information content (AvgIpc) is 0.811. The summed E-state index contributed by atoms with van der Waals surface area (Å²) >= 11 is 1.89. The minimum atomic E-state index is 0. The Labute approximate surface area is 673 Å². The van der Waals surface area contributed by atoms with Gasteiger partial charge in [0.15, 0.2) is 0 Å². The zero-order valence-electron chi connectivity index (χ0n) is 60.2. The first-order chi connectivity index (χ1) is 53.5. The molecule has 2 radical (unpaired) electrons. The molecule has 0 aliphatic heterocycles. The zero-order valence-corrected chi connectivity index (χ0v) is 65.8. The number of benzene rings is 17. The molecule has 3 aromatic heterocycles. The quantitative estimate of drug-likeness (QED) is 0.0954. The number of thiophene rings is 1. The van der Waals surface area contributed by atoms with Gasteiger partial charge in [0.25, 0.3) is 0 Å². The van der Waals surface area contributed by atoms with Crippen LogP contribution in [0.1, 0.15) is 5.56 Å². The van der Waals surface area contributed by atoms with Crippen LogP contribution in [0.3, 0.4) is 0 Å². The van der Waals surface area contributed by atoms with Gasteiger partial charge in [-0.2, -0.15) is 0 Å². The first kappa shape index (κ1) is 73.0. The molecule has 0 unspecified atom stereocenters. The summed E-state index contributed by atoms with van der Waals surface area (Å²) in [5.41, 5.74) is 19.5. The maximum absolute atomic E-state index is 4.32. The number of hydrogen-bond acceptors (Lipinski definition) is 5. The van der Waals surface area contributed by atoms with E-state index >= 15 is 0 Å². The second-order valence-corrected chi connectivity index (χ2v) is 27.6. The van der Waals surface area contributed by atoms with Gasteiger partial charge in [-0.3, -0.25) is 0 Å². The molecular weight excluding hydrogens is 1710 g/mol. The Hall–Kier alpha value is -12.5. The van der Waals surface area contributed by atoms with Gasteiger partial charge >= 0.3 is 0 Å². The van der Waals surface area contributed by atoms with Gasteiger partial charge in [-0.05, 0) is 186 Å². The largest absolute Gasteiger partial charge is 0.310 e. The van der Waals surface area contributed by atoms with E-state index in [-0.39, 0.29) is 40.2 Å². The standard InChI is InChI=1S/C44H32N2.C36H22S.C12H10N.C11H8N.2Ir/c1-3-17-37(18-4-1)45(43-23-11-15-35-13-7-9-21-41(35)43)39-29-25-33(26-30-39)34-27-31-40(32-28-34)46(38-19-5-2-6-20-38)44-24-12-16-36-14-8-10-22-42(36)44;1-2-13-29-27(11-1)28-12-3-4-14-30(28)34-22-24(19-20-31(29)34)23-9-7-10-25(21-23)26-16-8-17-33-32-15-5-6-18-35(32)37-36(26)33;1-10-6-5-9-13-12(10)11-7-3-2-4-8-11;1-2-6-10(7-3-1)11-8-4-5-9-12-11;;/h1-32H;1-22H;2-7,9H,1H3;1-6,8-9H;;/q;;2*-1;;. The van der Waals surface area contributed by atoms with Gasteiger partial charge < -0.3 is 19.8 Å². The van der Waals surface area contributed by atoms with Crippen molar-refractivity contribution in [2.24, 2.45) is 0 Å². The van der Waals surface area contributed by atoms with E-state index in [1.54, 1.807) is 6.20 Å². The molecule has 0 fully saturated rings. The normalized spacial score (nSPS) is 10.8. The maximum Gasteiger partial charge on any atom is 0.0540 e. The van der Waals surface area contributed by atoms with Crippen LogP contribution in [0.2, 0.25) is 0 Å². The minimum absolute atomic E-state index is 0. The summed E-state index contributed by atoms with van der Waals surface area (Å²) in [5.74, 6) is 0. The van der Waals surface area contributed by atoms with Crippen molar-refractivity contribution >= 4 is 119 Å². The van der Waals surface area contributed by atoms with Crippen LogP contribution in [0.4, 0.5) is 34.1 Å². The Morgan fingerprint density at radius 1 is 0.273 bits per heavy atom. The number of para-hydroxylation sites is 2. The molecule has 530 valence electrons. The number of rotatable bonds is 11. The SMILES string of the molecule is Cc1cccnc1-c1[c-]cccc1.[Ir].[Ir].[c-]1ccccc1-c1ccccn1.c1cc(-c2ccc3c4ccccc4c4ccccc4c3c2)cc(-c2cccc3c2sc2ccccc23)c1.c1ccc(N(c2ccc(-c3ccc(N(c4ccccc4)c4cccc5ccccc45)cc3)cc2)c2cccc3ccccc23)cc1. The fraction of sp³-hybridized carbons (Fsp3) is 0.00971. The van der Waals surface area contributed by atoms with E-state index in [0.29, 0.717) is 0 Å². The average molecular weight is 1780 g/mol. The molecule has 0 atom stereocenters. The van der Waals surface area contributed by atoms with Gasteiger partial charge in [0.1, 0.15) is 0 Å². The number of anilines is 6. The van der Waals surface area contributed by atoms with E-state index in [2.05, 4.69) is 372 Å². The number of aromatic nitrogens is 2. The van der Waals surface area contributed by atoms with Gasteiger partial charge in [0.05, 0.1) is 11.4 Å². The Balaban J connectivity index is 0.000000132. The van der Waals surface area contributed by atoms with Gasteiger partial charge in [0.2, 0.25) is 0 Å². The predicted octanol–water partition coefficient (Wildman–Crippen LogP) is 28.8. The molecule has 20 aromatic rings. The summed E-state index contributed by atoms with van der Waals surface area (Å²) in [4.78, 5) is 13.2. The molecule has 0 bridgehead atoms. The molecule has 7 heteroatoms. The number of nitrogens with zero attached hydrogens (tertiary/aromatic N) is 4. The van der Waals surface area contributed by atoms with Crippen molar-refractivity contribution in [3.63, 3.8) is 0 Å². The molecule has 3 heterocycles. The molecule has 20 rings (SSSR count). The molecule has 0 saturated carbocycles. The van der Waals surface area contributed by atoms with Crippen molar-refractivity contribution in [1.29, 1.82) is 0 Å². The van der Waals surface area contributed by atoms with Crippen LogP contribution >= 0.6 is 11.3 Å². The second-order valence-electron chi connectivity index (χ2n) is 26.6. The third-order valence-electron chi connectivity index (χ3n) is 19.9. The molecule has 110 heavy (non-hydrogen) atoms. The third kappa shape index (κ3) is 15.5. The fourth-order valence-corrected chi connectivity index (χ4v) is 16.0. The summed E-state index contributed by atoms with van der Waals surface area (Å²) in [6.45, 7) is 2.06. The predicted molar refractivity (Wildman–Crippen MR) is 461 cm³/mol. The Morgan fingerprint density at radius 2 is 0.700 bits per heavy atom. The summed E-state index contributed by atoms with van der Waals surface area (Å²) in [6, 6.07) is 150. The van der Waals surface area contributed by atoms with Crippen molar-refractivity contribution in [3.05, 3.63) is 437 Å². The maximum atomic E-state index is 4.32. The van der Waals surface area contributed by atoms with E-state index in [1.165, 1.54) is 113 Å². The summed E-state index contributed by atoms with van der Waals surface area (Å²) in [6.07, 6.45) is 3.60. The van der Waals surface area contributed by atoms with Gasteiger partial charge in [-0.25, -0.2) is 0 Å².